The van der Waals surface area contributed by atoms with Crippen molar-refractivity contribution in [2.45, 2.75) is 20.3 Å². The zero-order valence-electron chi connectivity index (χ0n) is 12.5. The first-order chi connectivity index (χ1) is 10.0. The lowest BCUT2D eigenvalue weighted by Crippen LogP contribution is -2.31. The van der Waals surface area contributed by atoms with E-state index in [-0.39, 0.29) is 0 Å². The second-order valence-electron chi connectivity index (χ2n) is 4.86. The summed E-state index contributed by atoms with van der Waals surface area (Å²) < 4.78 is 5.20. The molecule has 0 saturated carbocycles. The first-order valence-corrected chi connectivity index (χ1v) is 8.00. The van der Waals surface area contributed by atoms with Gasteiger partial charge in [0, 0.05) is 31.5 Å². The Morgan fingerprint density at radius 3 is 2.81 bits per heavy atom. The van der Waals surface area contributed by atoms with Crippen LogP contribution in [0.3, 0.4) is 0 Å². The smallest absolute Gasteiger partial charge is 0.141 e. The molecule has 0 saturated heterocycles. The van der Waals surface area contributed by atoms with Gasteiger partial charge in [-0.15, -0.1) is 11.3 Å². The lowest BCUT2D eigenvalue weighted by atomic mass is 10.2. The van der Waals surface area contributed by atoms with Crippen LogP contribution in [0, 0.1) is 13.8 Å². The monoisotopic (exact) mass is 324 g/mol. The van der Waals surface area contributed by atoms with E-state index in [0.29, 0.717) is 18.0 Å². The molecular weight excluding hydrogens is 304 g/mol. The Morgan fingerprint density at radius 2 is 2.14 bits per heavy atom. The Bertz CT molecular complexity index is 641. The summed E-state index contributed by atoms with van der Waals surface area (Å²) in [5, 5.41) is 1.12. The molecule has 2 heterocycles. The van der Waals surface area contributed by atoms with Gasteiger partial charge in [-0.1, -0.05) is 12.2 Å². The predicted octanol–water partition coefficient (Wildman–Crippen LogP) is 2.44. The number of thiocarbonyl (C=S) groups is 1. The molecule has 5 nitrogen and oxygen atoms in total. The molecule has 0 spiro atoms. The average molecular weight is 324 g/mol. The highest BCUT2D eigenvalue weighted by atomic mass is 32.1. The Morgan fingerprint density at radius 1 is 1.38 bits per heavy atom. The molecule has 2 aromatic rings. The van der Waals surface area contributed by atoms with Crippen molar-refractivity contribution >= 4 is 44.6 Å². The zero-order chi connectivity index (χ0) is 15.4. The van der Waals surface area contributed by atoms with Crippen molar-refractivity contribution in [1.82, 2.24) is 9.97 Å². The van der Waals surface area contributed by atoms with Gasteiger partial charge in [0.15, 0.2) is 0 Å². The molecule has 0 aliphatic heterocycles. The third kappa shape index (κ3) is 3.66. The molecule has 0 aromatic carbocycles. The van der Waals surface area contributed by atoms with Crippen molar-refractivity contribution in [3.05, 3.63) is 16.8 Å². The average Bonchev–Trinajstić information content (AvgIpc) is 2.74. The standard InChI is InChI=1S/C14H20N4OS2/c1-9-10(2)21-14-12(9)13(16-8-17-14)18(6-7-19-3)5-4-11(15)20/h8H,4-7H2,1-3H3,(H2,15,20). The molecule has 0 aliphatic carbocycles. The summed E-state index contributed by atoms with van der Waals surface area (Å²) in [6.07, 6.45) is 2.28. The van der Waals surface area contributed by atoms with Crippen LogP contribution in [0.1, 0.15) is 16.9 Å². The van der Waals surface area contributed by atoms with Crippen LogP contribution in [-0.4, -0.2) is 41.8 Å². The van der Waals surface area contributed by atoms with Crippen molar-refractivity contribution in [2.75, 3.05) is 31.7 Å². The fourth-order valence-corrected chi connectivity index (χ4v) is 3.26. The number of fused-ring (bicyclic) bond motifs is 1. The number of hydrogen-bond donors (Lipinski definition) is 1. The molecule has 2 aromatic heterocycles. The number of ether oxygens (including phenoxy) is 1. The van der Waals surface area contributed by atoms with E-state index < -0.39 is 0 Å². The second kappa shape index (κ2) is 7.11. The summed E-state index contributed by atoms with van der Waals surface area (Å²) >= 11 is 6.69. The highest BCUT2D eigenvalue weighted by molar-refractivity contribution is 7.80. The molecule has 0 atom stereocenters. The summed E-state index contributed by atoms with van der Waals surface area (Å²) in [5.74, 6) is 0.940. The van der Waals surface area contributed by atoms with Gasteiger partial charge in [-0.25, -0.2) is 9.97 Å². The van der Waals surface area contributed by atoms with Crippen molar-refractivity contribution in [2.24, 2.45) is 5.73 Å². The molecule has 2 rings (SSSR count). The van der Waals surface area contributed by atoms with Crippen LogP contribution < -0.4 is 10.6 Å². The fraction of sp³-hybridized carbons (Fsp3) is 0.500. The summed E-state index contributed by atoms with van der Waals surface area (Å²) in [6, 6.07) is 0. The number of hydrogen-bond acceptors (Lipinski definition) is 6. The molecular formula is C14H20N4OS2. The highest BCUT2D eigenvalue weighted by Gasteiger charge is 2.17. The van der Waals surface area contributed by atoms with Crippen molar-refractivity contribution in [3.8, 4) is 0 Å². The van der Waals surface area contributed by atoms with E-state index in [2.05, 4.69) is 28.7 Å². The molecule has 0 unspecified atom stereocenters. The minimum Gasteiger partial charge on any atom is -0.393 e. The van der Waals surface area contributed by atoms with Gasteiger partial charge in [0.05, 0.1) is 17.0 Å². The molecule has 0 fully saturated rings. The lowest BCUT2D eigenvalue weighted by Gasteiger charge is -2.24. The number of nitrogens with two attached hydrogens (primary N) is 1. The molecule has 114 valence electrons. The zero-order valence-corrected chi connectivity index (χ0v) is 14.2. The fourth-order valence-electron chi connectivity index (χ4n) is 2.17. The van der Waals surface area contributed by atoms with Crippen LogP contribution in [0.2, 0.25) is 0 Å². The highest BCUT2D eigenvalue weighted by Crippen LogP contribution is 2.34. The van der Waals surface area contributed by atoms with Crippen molar-refractivity contribution in [3.63, 3.8) is 0 Å². The van der Waals surface area contributed by atoms with Gasteiger partial charge < -0.3 is 15.4 Å². The van der Waals surface area contributed by atoms with Crippen LogP contribution in [0.5, 0.6) is 0 Å². The van der Waals surface area contributed by atoms with Gasteiger partial charge in [-0.2, -0.15) is 0 Å². The maximum Gasteiger partial charge on any atom is 0.141 e. The quantitative estimate of drug-likeness (QED) is 0.789. The maximum absolute atomic E-state index is 5.64. The van der Waals surface area contributed by atoms with E-state index in [4.69, 9.17) is 22.7 Å². The van der Waals surface area contributed by atoms with Crippen LogP contribution >= 0.6 is 23.6 Å². The number of rotatable bonds is 7. The largest absolute Gasteiger partial charge is 0.393 e. The third-order valence-corrected chi connectivity index (χ3v) is 4.76. The van der Waals surface area contributed by atoms with Gasteiger partial charge >= 0.3 is 0 Å². The minimum atomic E-state index is 0.515. The van der Waals surface area contributed by atoms with Crippen LogP contribution in [-0.2, 0) is 4.74 Å². The Hall–Kier alpha value is -1.31. The molecule has 0 aliphatic rings. The second-order valence-corrected chi connectivity index (χ2v) is 6.58. The van der Waals surface area contributed by atoms with Crippen LogP contribution in [0.15, 0.2) is 6.33 Å². The maximum atomic E-state index is 5.64. The normalized spacial score (nSPS) is 11.0. The summed E-state index contributed by atoms with van der Waals surface area (Å²) in [7, 11) is 1.70. The third-order valence-electron chi connectivity index (χ3n) is 3.44. The molecule has 21 heavy (non-hydrogen) atoms. The van der Waals surface area contributed by atoms with Gasteiger partial charge in [-0.3, -0.25) is 0 Å². The van der Waals surface area contributed by atoms with E-state index in [1.54, 1.807) is 24.8 Å². The van der Waals surface area contributed by atoms with Crippen LogP contribution in [0.25, 0.3) is 10.2 Å². The van der Waals surface area contributed by atoms with Gasteiger partial charge in [0.1, 0.15) is 17.0 Å². The number of aryl methyl sites for hydroxylation is 2. The number of aromatic nitrogens is 2. The molecule has 0 radical (unpaired) electrons. The number of nitrogens with zero attached hydrogens (tertiary/aromatic N) is 3. The van der Waals surface area contributed by atoms with E-state index in [1.165, 1.54) is 10.4 Å². The Balaban J connectivity index is 2.40. The Kier molecular flexibility index (Phi) is 5.44. The van der Waals surface area contributed by atoms with Gasteiger partial charge in [0.2, 0.25) is 0 Å². The number of anilines is 1. The van der Waals surface area contributed by atoms with Crippen LogP contribution in [0.4, 0.5) is 5.82 Å². The van der Waals surface area contributed by atoms with Gasteiger partial charge in [-0.05, 0) is 19.4 Å². The SMILES string of the molecule is COCCN(CCC(N)=S)c1ncnc2sc(C)c(C)c12. The summed E-state index contributed by atoms with van der Waals surface area (Å²) in [5.41, 5.74) is 6.88. The topological polar surface area (TPSA) is 64.3 Å². The Labute approximate surface area is 134 Å². The molecule has 0 bridgehead atoms. The lowest BCUT2D eigenvalue weighted by molar-refractivity contribution is 0.205. The van der Waals surface area contributed by atoms with E-state index in [9.17, 15) is 0 Å². The first kappa shape index (κ1) is 16.1. The van der Waals surface area contributed by atoms with Gasteiger partial charge in [0.25, 0.3) is 0 Å². The predicted molar refractivity (Wildman–Crippen MR) is 92.4 cm³/mol. The number of methoxy groups -OCH3 is 1. The van der Waals surface area contributed by atoms with Crippen molar-refractivity contribution in [1.29, 1.82) is 0 Å². The first-order valence-electron chi connectivity index (χ1n) is 6.77. The number of thiophene rings is 1. The van der Waals surface area contributed by atoms with E-state index in [1.807, 2.05) is 0 Å². The summed E-state index contributed by atoms with van der Waals surface area (Å²) in [6.45, 7) is 6.34. The van der Waals surface area contributed by atoms with E-state index >= 15 is 0 Å². The molecule has 7 heteroatoms. The van der Waals surface area contributed by atoms with Crippen molar-refractivity contribution < 1.29 is 4.74 Å². The van der Waals surface area contributed by atoms with E-state index in [0.717, 1.165) is 29.1 Å². The molecule has 2 N–H and O–H groups in total. The molecule has 0 amide bonds. The minimum absolute atomic E-state index is 0.515. The summed E-state index contributed by atoms with van der Waals surface area (Å²) in [4.78, 5) is 13.9.